The largest absolute Gasteiger partial charge is 0.380 e. The van der Waals surface area contributed by atoms with Gasteiger partial charge >= 0.3 is 0 Å². The molecule has 1 fully saturated rings. The van der Waals surface area contributed by atoms with Gasteiger partial charge in [-0.3, -0.25) is 4.79 Å². The third kappa shape index (κ3) is 2.15. The average Bonchev–Trinajstić information content (AvgIpc) is 2.08. The number of aromatic nitrogens is 1. The Kier molecular flexibility index (Phi) is 2.68. The normalized spacial score (nSPS) is 15.9. The van der Waals surface area contributed by atoms with Crippen LogP contribution in [-0.2, 0) is 9.53 Å². The summed E-state index contributed by atoms with van der Waals surface area (Å²) in [4.78, 5) is 15.7. The maximum atomic E-state index is 11.6. The highest BCUT2D eigenvalue weighted by Gasteiger charge is 2.26. The van der Waals surface area contributed by atoms with Crippen LogP contribution in [0.4, 0.5) is 5.82 Å². The molecule has 1 saturated heterocycles. The van der Waals surface area contributed by atoms with Gasteiger partial charge in [-0.25, -0.2) is 4.98 Å². The quantitative estimate of drug-likeness (QED) is 0.793. The molecule has 0 radical (unpaired) electrons. The number of hydrogen-bond donors (Lipinski definition) is 1. The maximum absolute atomic E-state index is 11.6. The Morgan fingerprint density at radius 1 is 1.47 bits per heavy atom. The van der Waals surface area contributed by atoms with Crippen LogP contribution in [0.25, 0.3) is 0 Å². The van der Waals surface area contributed by atoms with Crippen LogP contribution >= 0.6 is 0 Å². The van der Waals surface area contributed by atoms with E-state index in [4.69, 9.17) is 4.74 Å². The van der Waals surface area contributed by atoms with Crippen molar-refractivity contribution >= 4 is 11.7 Å². The van der Waals surface area contributed by atoms with Gasteiger partial charge in [0.2, 0.25) is 5.91 Å². The van der Waals surface area contributed by atoms with Crippen LogP contribution in [0.2, 0.25) is 0 Å². The fraction of sp³-hybridized carbons (Fsp3) is 0.455. The Bertz CT molecular complexity index is 386. The number of pyridine rings is 1. The summed E-state index contributed by atoms with van der Waals surface area (Å²) in [7, 11) is 0. The first-order chi connectivity index (χ1) is 7.16. The third-order valence-electron chi connectivity index (χ3n) is 2.63. The molecule has 4 heteroatoms. The molecule has 0 bridgehead atoms. The highest BCUT2D eigenvalue weighted by Crippen LogP contribution is 2.15. The van der Waals surface area contributed by atoms with Crippen LogP contribution < -0.4 is 5.32 Å². The van der Waals surface area contributed by atoms with Crippen LogP contribution in [0.15, 0.2) is 12.3 Å². The van der Waals surface area contributed by atoms with E-state index in [-0.39, 0.29) is 11.8 Å². The first-order valence-electron chi connectivity index (χ1n) is 4.98. The lowest BCUT2D eigenvalue weighted by molar-refractivity contribution is -0.133. The van der Waals surface area contributed by atoms with Crippen molar-refractivity contribution in [3.8, 4) is 0 Å². The lowest BCUT2D eigenvalue weighted by Crippen LogP contribution is -2.38. The molecule has 1 aliphatic heterocycles. The van der Waals surface area contributed by atoms with Gasteiger partial charge in [-0.2, -0.15) is 0 Å². The molecule has 0 atom stereocenters. The Labute approximate surface area is 88.7 Å². The molecular formula is C11H14N2O2. The van der Waals surface area contributed by atoms with Gasteiger partial charge in [0.15, 0.2) is 0 Å². The molecule has 4 nitrogen and oxygen atoms in total. The highest BCUT2D eigenvalue weighted by molar-refractivity contribution is 5.92. The van der Waals surface area contributed by atoms with Gasteiger partial charge in [-0.15, -0.1) is 0 Å². The molecule has 15 heavy (non-hydrogen) atoms. The summed E-state index contributed by atoms with van der Waals surface area (Å²) in [5.41, 5.74) is 2.25. The van der Waals surface area contributed by atoms with E-state index < -0.39 is 0 Å². The van der Waals surface area contributed by atoms with E-state index in [1.807, 2.05) is 19.9 Å². The third-order valence-corrected chi connectivity index (χ3v) is 2.63. The number of carbonyl (C=O) groups excluding carboxylic acids is 1. The van der Waals surface area contributed by atoms with Gasteiger partial charge in [0.1, 0.15) is 5.82 Å². The molecule has 0 aliphatic carbocycles. The second-order valence-corrected chi connectivity index (χ2v) is 3.88. The highest BCUT2D eigenvalue weighted by atomic mass is 16.5. The van der Waals surface area contributed by atoms with E-state index in [1.165, 1.54) is 0 Å². The van der Waals surface area contributed by atoms with E-state index in [2.05, 4.69) is 10.3 Å². The summed E-state index contributed by atoms with van der Waals surface area (Å²) in [6.07, 6.45) is 1.77. The van der Waals surface area contributed by atoms with Crippen molar-refractivity contribution in [2.24, 2.45) is 5.92 Å². The Morgan fingerprint density at radius 2 is 2.20 bits per heavy atom. The Hall–Kier alpha value is -1.42. The van der Waals surface area contributed by atoms with Crippen molar-refractivity contribution in [2.75, 3.05) is 18.5 Å². The van der Waals surface area contributed by atoms with Crippen LogP contribution in [0.3, 0.4) is 0 Å². The van der Waals surface area contributed by atoms with Gasteiger partial charge < -0.3 is 10.1 Å². The minimum absolute atomic E-state index is 0.00277. The summed E-state index contributed by atoms with van der Waals surface area (Å²) in [6, 6.07) is 1.88. The number of nitrogens with one attached hydrogen (secondary N) is 1. The lowest BCUT2D eigenvalue weighted by atomic mass is 10.1. The predicted octanol–water partition coefficient (Wildman–Crippen LogP) is 1.28. The molecule has 2 heterocycles. The van der Waals surface area contributed by atoms with Crippen molar-refractivity contribution in [1.29, 1.82) is 0 Å². The summed E-state index contributed by atoms with van der Waals surface area (Å²) >= 11 is 0. The summed E-state index contributed by atoms with van der Waals surface area (Å²) < 4.78 is 4.96. The molecule has 2 rings (SSSR count). The number of rotatable bonds is 2. The number of ether oxygens (including phenoxy) is 1. The zero-order valence-corrected chi connectivity index (χ0v) is 8.91. The van der Waals surface area contributed by atoms with Crippen LogP contribution in [0.1, 0.15) is 11.1 Å². The summed E-state index contributed by atoms with van der Waals surface area (Å²) in [6.45, 7) is 5.04. The molecule has 0 spiro atoms. The second kappa shape index (κ2) is 3.98. The first kappa shape index (κ1) is 10.1. The second-order valence-electron chi connectivity index (χ2n) is 3.88. The number of amides is 1. The number of anilines is 1. The monoisotopic (exact) mass is 206 g/mol. The van der Waals surface area contributed by atoms with Crippen molar-refractivity contribution in [1.82, 2.24) is 4.98 Å². The summed E-state index contributed by atoms with van der Waals surface area (Å²) in [5, 5.41) is 2.78. The standard InChI is InChI=1S/C11H14N2O2/c1-7-3-10(12-4-8(7)2)13-11(14)9-5-15-6-9/h3-4,9H,5-6H2,1-2H3,(H,12,13,14). The molecule has 0 aromatic carbocycles. The molecule has 1 N–H and O–H groups in total. The minimum atomic E-state index is -0.00610. The van der Waals surface area contributed by atoms with Crippen LogP contribution in [0, 0.1) is 19.8 Å². The van der Waals surface area contributed by atoms with Crippen LogP contribution in [0.5, 0.6) is 0 Å². The fourth-order valence-corrected chi connectivity index (χ4v) is 1.31. The SMILES string of the molecule is Cc1cnc(NC(=O)C2COC2)cc1C. The Balaban J connectivity index is 2.03. The zero-order valence-electron chi connectivity index (χ0n) is 8.91. The summed E-state index contributed by atoms with van der Waals surface area (Å²) in [5.74, 6) is 0.611. The molecule has 1 aliphatic rings. The Morgan fingerprint density at radius 3 is 2.73 bits per heavy atom. The first-order valence-corrected chi connectivity index (χ1v) is 4.98. The van der Waals surface area contributed by atoms with E-state index in [0.29, 0.717) is 19.0 Å². The van der Waals surface area contributed by atoms with Crippen LogP contribution in [-0.4, -0.2) is 24.1 Å². The smallest absolute Gasteiger partial charge is 0.233 e. The van der Waals surface area contributed by atoms with Crippen molar-refractivity contribution in [2.45, 2.75) is 13.8 Å². The van der Waals surface area contributed by atoms with E-state index in [9.17, 15) is 4.79 Å². The predicted molar refractivity (Wildman–Crippen MR) is 56.6 cm³/mol. The number of hydrogen-bond acceptors (Lipinski definition) is 3. The maximum Gasteiger partial charge on any atom is 0.233 e. The lowest BCUT2D eigenvalue weighted by Gasteiger charge is -2.24. The molecule has 0 unspecified atom stereocenters. The van der Waals surface area contributed by atoms with Crippen molar-refractivity contribution in [3.63, 3.8) is 0 Å². The average molecular weight is 206 g/mol. The van der Waals surface area contributed by atoms with Gasteiger partial charge in [0.25, 0.3) is 0 Å². The number of nitrogens with zero attached hydrogens (tertiary/aromatic N) is 1. The molecule has 1 aromatic rings. The molecule has 1 amide bonds. The molecule has 80 valence electrons. The van der Waals surface area contributed by atoms with Gasteiger partial charge in [-0.05, 0) is 31.0 Å². The minimum Gasteiger partial charge on any atom is -0.380 e. The van der Waals surface area contributed by atoms with Gasteiger partial charge in [0, 0.05) is 6.20 Å². The van der Waals surface area contributed by atoms with Crippen molar-refractivity contribution < 1.29 is 9.53 Å². The topological polar surface area (TPSA) is 51.2 Å². The van der Waals surface area contributed by atoms with E-state index >= 15 is 0 Å². The zero-order chi connectivity index (χ0) is 10.8. The molecule has 1 aromatic heterocycles. The fourth-order valence-electron chi connectivity index (χ4n) is 1.31. The molecular weight excluding hydrogens is 192 g/mol. The molecule has 0 saturated carbocycles. The van der Waals surface area contributed by atoms with Gasteiger partial charge in [0.05, 0.1) is 19.1 Å². The number of carbonyl (C=O) groups is 1. The van der Waals surface area contributed by atoms with Crippen molar-refractivity contribution in [3.05, 3.63) is 23.4 Å². The number of aryl methyl sites for hydroxylation is 2. The van der Waals surface area contributed by atoms with Gasteiger partial charge in [-0.1, -0.05) is 0 Å². The van der Waals surface area contributed by atoms with E-state index in [0.717, 1.165) is 11.1 Å². The van der Waals surface area contributed by atoms with E-state index in [1.54, 1.807) is 6.20 Å².